The van der Waals surface area contributed by atoms with Crippen molar-refractivity contribution in [2.45, 2.75) is 18.9 Å². The third-order valence-electron chi connectivity index (χ3n) is 4.41. The molecule has 0 aliphatic carbocycles. The molecule has 1 aromatic rings. The van der Waals surface area contributed by atoms with Gasteiger partial charge in [-0.2, -0.15) is 0 Å². The maximum Gasteiger partial charge on any atom is 0.328 e. The molecule has 0 spiro atoms. The van der Waals surface area contributed by atoms with Crippen LogP contribution >= 0.6 is 0 Å². The summed E-state index contributed by atoms with van der Waals surface area (Å²) >= 11 is 0. The molecule has 10 heteroatoms. The van der Waals surface area contributed by atoms with Crippen LogP contribution in [0, 0.1) is 5.41 Å². The second-order valence-electron chi connectivity index (χ2n) is 6.42. The van der Waals surface area contributed by atoms with E-state index in [1.54, 1.807) is 43.6 Å². The number of hydrogen-bond acceptors (Lipinski definition) is 6. The molecule has 154 valence electrons. The summed E-state index contributed by atoms with van der Waals surface area (Å²) in [6, 6.07) is 5.67. The highest BCUT2D eigenvalue weighted by atomic mass is 16.4. The lowest BCUT2D eigenvalue weighted by molar-refractivity contribution is -0.141. The highest BCUT2D eigenvalue weighted by molar-refractivity contribution is 5.97. The van der Waals surface area contributed by atoms with E-state index in [0.29, 0.717) is 17.8 Å². The molecule has 0 saturated carbocycles. The van der Waals surface area contributed by atoms with Gasteiger partial charge in [0, 0.05) is 50.4 Å². The molecular weight excluding hydrogens is 376 g/mol. The van der Waals surface area contributed by atoms with Crippen molar-refractivity contribution in [2.24, 2.45) is 10.7 Å². The maximum atomic E-state index is 12.3. The van der Waals surface area contributed by atoms with Crippen LogP contribution in [-0.4, -0.2) is 66.1 Å². The van der Waals surface area contributed by atoms with Gasteiger partial charge in [0.05, 0.1) is 6.34 Å². The summed E-state index contributed by atoms with van der Waals surface area (Å²) in [5.74, 6) is -1.81. The highest BCUT2D eigenvalue weighted by Crippen LogP contribution is 2.15. The fourth-order valence-corrected chi connectivity index (χ4v) is 2.65. The first-order chi connectivity index (χ1) is 13.8. The summed E-state index contributed by atoms with van der Waals surface area (Å²) in [4.78, 5) is 42.6. The smallest absolute Gasteiger partial charge is 0.328 e. The van der Waals surface area contributed by atoms with Crippen LogP contribution in [0.15, 0.2) is 41.5 Å². The van der Waals surface area contributed by atoms with Gasteiger partial charge in [0.15, 0.2) is 0 Å². The Morgan fingerprint density at radius 1 is 1.31 bits per heavy atom. The van der Waals surface area contributed by atoms with Crippen LogP contribution in [0.3, 0.4) is 0 Å². The van der Waals surface area contributed by atoms with E-state index in [4.69, 9.17) is 11.1 Å². The van der Waals surface area contributed by atoms with Crippen LogP contribution in [-0.2, 0) is 14.4 Å². The Labute approximate surface area is 168 Å². The summed E-state index contributed by atoms with van der Waals surface area (Å²) in [5.41, 5.74) is 6.57. The highest BCUT2D eigenvalue weighted by Gasteiger charge is 2.24. The molecule has 0 bridgehead atoms. The summed E-state index contributed by atoms with van der Waals surface area (Å²) in [6.07, 6.45) is 4.62. The second kappa shape index (κ2) is 10.0. The number of amides is 2. The van der Waals surface area contributed by atoms with Gasteiger partial charge in [-0.3, -0.25) is 15.0 Å². The van der Waals surface area contributed by atoms with Gasteiger partial charge in [0.25, 0.3) is 0 Å². The van der Waals surface area contributed by atoms with E-state index >= 15 is 0 Å². The Hall–Kier alpha value is -3.69. The summed E-state index contributed by atoms with van der Waals surface area (Å²) < 4.78 is 0. The van der Waals surface area contributed by atoms with E-state index in [2.05, 4.69) is 10.3 Å². The lowest BCUT2D eigenvalue weighted by Crippen LogP contribution is -2.48. The van der Waals surface area contributed by atoms with Crippen LogP contribution in [0.5, 0.6) is 0 Å². The molecule has 2 amide bonds. The van der Waals surface area contributed by atoms with Crippen LogP contribution in [0.4, 0.5) is 5.69 Å². The lowest BCUT2D eigenvalue weighted by Gasteiger charge is -2.27. The van der Waals surface area contributed by atoms with Crippen molar-refractivity contribution in [3.63, 3.8) is 0 Å². The first-order valence-electron chi connectivity index (χ1n) is 8.94. The molecule has 0 aromatic heterocycles. The fraction of sp³-hybridized carbons (Fsp3) is 0.316. The van der Waals surface area contributed by atoms with E-state index in [0.717, 1.165) is 0 Å². The SMILES string of the molecule is CN(C(=O)CCC(=O)NCC(C(=O)O)N1C=NC=CC1)c1ccc(C(=N)N)cc1. The normalized spacial score (nSPS) is 13.6. The number of nitrogens with two attached hydrogens (primary N) is 1. The van der Waals surface area contributed by atoms with E-state index in [1.807, 2.05) is 0 Å². The van der Waals surface area contributed by atoms with Gasteiger partial charge in [0.2, 0.25) is 11.8 Å². The number of benzene rings is 1. The zero-order valence-electron chi connectivity index (χ0n) is 16.0. The number of anilines is 1. The number of carbonyl (C=O) groups excluding carboxylic acids is 2. The van der Waals surface area contributed by atoms with Gasteiger partial charge in [-0.25, -0.2) is 9.79 Å². The molecule has 10 nitrogen and oxygen atoms in total. The van der Waals surface area contributed by atoms with Crippen LogP contribution in [0.1, 0.15) is 18.4 Å². The Kier molecular flexibility index (Phi) is 7.47. The third-order valence-corrected chi connectivity index (χ3v) is 4.41. The largest absolute Gasteiger partial charge is 0.480 e. The summed E-state index contributed by atoms with van der Waals surface area (Å²) in [5, 5.41) is 19.3. The molecule has 0 radical (unpaired) electrons. The number of aliphatic carboxylic acids is 1. The minimum atomic E-state index is -1.07. The zero-order chi connectivity index (χ0) is 21.4. The lowest BCUT2D eigenvalue weighted by atomic mass is 10.1. The quantitative estimate of drug-likeness (QED) is 0.342. The van der Waals surface area contributed by atoms with Crippen molar-refractivity contribution in [2.75, 3.05) is 25.0 Å². The second-order valence-corrected chi connectivity index (χ2v) is 6.42. The summed E-state index contributed by atoms with van der Waals surface area (Å²) in [7, 11) is 1.59. The van der Waals surface area contributed by atoms with Crippen LogP contribution in [0.2, 0.25) is 0 Å². The monoisotopic (exact) mass is 400 g/mol. The van der Waals surface area contributed by atoms with Gasteiger partial charge in [0.1, 0.15) is 11.9 Å². The van der Waals surface area contributed by atoms with Gasteiger partial charge in [-0.15, -0.1) is 0 Å². The number of carbonyl (C=O) groups is 3. The van der Waals surface area contributed by atoms with Crippen molar-refractivity contribution in [1.29, 1.82) is 5.41 Å². The van der Waals surface area contributed by atoms with E-state index in [-0.39, 0.29) is 31.1 Å². The molecule has 29 heavy (non-hydrogen) atoms. The number of hydrogen-bond donors (Lipinski definition) is 4. The number of rotatable bonds is 9. The van der Waals surface area contributed by atoms with E-state index < -0.39 is 17.9 Å². The van der Waals surface area contributed by atoms with Crippen LogP contribution in [0.25, 0.3) is 0 Å². The maximum absolute atomic E-state index is 12.3. The molecule has 1 unspecified atom stereocenters. The predicted molar refractivity (Wildman–Crippen MR) is 109 cm³/mol. The van der Waals surface area contributed by atoms with E-state index in [9.17, 15) is 19.5 Å². The first kappa shape index (κ1) is 21.6. The molecular formula is C19H24N6O4. The molecule has 0 saturated heterocycles. The molecule has 1 aromatic carbocycles. The first-order valence-corrected chi connectivity index (χ1v) is 8.94. The van der Waals surface area contributed by atoms with Crippen molar-refractivity contribution in [3.8, 4) is 0 Å². The van der Waals surface area contributed by atoms with Gasteiger partial charge < -0.3 is 26.0 Å². The topological polar surface area (TPSA) is 152 Å². The number of carboxylic acids is 1. The Morgan fingerprint density at radius 3 is 2.55 bits per heavy atom. The third kappa shape index (κ3) is 6.16. The molecule has 2 rings (SSSR count). The molecule has 0 fully saturated rings. The molecule has 1 atom stereocenters. The number of nitrogens with one attached hydrogen (secondary N) is 2. The summed E-state index contributed by atoms with van der Waals surface area (Å²) in [6.45, 7) is 0.298. The van der Waals surface area contributed by atoms with Gasteiger partial charge in [-0.1, -0.05) is 0 Å². The number of carboxylic acid groups (broad SMARTS) is 1. The van der Waals surface area contributed by atoms with Crippen molar-refractivity contribution in [1.82, 2.24) is 10.2 Å². The molecule has 1 heterocycles. The zero-order valence-corrected chi connectivity index (χ0v) is 16.0. The minimum absolute atomic E-state index is 0.0254. The number of aliphatic imine (C=N–C) groups is 1. The van der Waals surface area contributed by atoms with Crippen LogP contribution < -0.4 is 16.0 Å². The number of nitrogen functional groups attached to an aromatic ring is 1. The average Bonchev–Trinajstić information content (AvgIpc) is 2.72. The number of nitrogens with zero attached hydrogens (tertiary/aromatic N) is 3. The van der Waals surface area contributed by atoms with Crippen molar-refractivity contribution < 1.29 is 19.5 Å². The average molecular weight is 400 g/mol. The Balaban J connectivity index is 1.82. The molecule has 1 aliphatic rings. The Bertz CT molecular complexity index is 834. The van der Waals surface area contributed by atoms with Crippen molar-refractivity contribution in [3.05, 3.63) is 42.1 Å². The Morgan fingerprint density at radius 2 is 2.00 bits per heavy atom. The van der Waals surface area contributed by atoms with E-state index in [1.165, 1.54) is 16.1 Å². The van der Waals surface area contributed by atoms with Gasteiger partial charge in [-0.05, 0) is 30.3 Å². The predicted octanol–water partition coefficient (Wildman–Crippen LogP) is 0.141. The molecule has 1 aliphatic heterocycles. The molecule has 5 N–H and O–H groups in total. The standard InChI is InChI=1S/C19H24N6O4/c1-24(14-5-3-13(4-6-14)18(20)21)17(27)8-7-16(26)23-11-15(19(28)29)25-10-2-9-22-12-25/h2-6,9,12,15H,7-8,10-11H2,1H3,(H3,20,21)(H,23,26)(H,28,29). The fourth-order valence-electron chi connectivity index (χ4n) is 2.65. The minimum Gasteiger partial charge on any atom is -0.480 e. The van der Waals surface area contributed by atoms with Crippen molar-refractivity contribution >= 4 is 35.6 Å². The number of amidine groups is 1. The van der Waals surface area contributed by atoms with Gasteiger partial charge >= 0.3 is 5.97 Å².